The molecule has 0 bridgehead atoms. The Morgan fingerprint density at radius 3 is 2.75 bits per heavy atom. The van der Waals surface area contributed by atoms with Crippen molar-refractivity contribution >= 4 is 11.5 Å². The molecule has 1 aromatic carbocycles. The Morgan fingerprint density at radius 1 is 1.31 bits per heavy atom. The Balaban J connectivity index is 2.31. The maximum atomic E-state index is 11.4. The van der Waals surface area contributed by atoms with Gasteiger partial charge in [0.15, 0.2) is 0 Å². The summed E-state index contributed by atoms with van der Waals surface area (Å²) in [5, 5.41) is 3.12. The predicted octanol–water partition coefficient (Wildman–Crippen LogP) is 1.83. The second-order valence-corrected chi connectivity index (χ2v) is 3.66. The third kappa shape index (κ3) is 2.11. The van der Waals surface area contributed by atoms with Crippen LogP contribution < -0.4 is 10.9 Å². The third-order valence-electron chi connectivity index (χ3n) is 2.39. The molecular weight excluding hydrogens is 202 g/mol. The molecule has 0 saturated carbocycles. The Labute approximate surface area is 93.6 Å². The fourth-order valence-corrected chi connectivity index (χ4v) is 1.38. The van der Waals surface area contributed by atoms with Gasteiger partial charge >= 0.3 is 0 Å². The lowest BCUT2D eigenvalue weighted by Gasteiger charge is -2.08. The first-order chi connectivity index (χ1) is 7.66. The van der Waals surface area contributed by atoms with Crippen molar-refractivity contribution in [1.29, 1.82) is 0 Å². The van der Waals surface area contributed by atoms with Gasteiger partial charge in [0.25, 0.3) is 5.56 Å². The SMILES string of the molecule is Cc1ccccc1Nc1cc(=O)n(C)cn1. The molecule has 1 heterocycles. The number of benzene rings is 1. The van der Waals surface area contributed by atoms with Crippen LogP contribution in [-0.2, 0) is 7.05 Å². The van der Waals surface area contributed by atoms with Gasteiger partial charge in [0.05, 0.1) is 6.33 Å². The molecule has 0 spiro atoms. The number of nitrogens with zero attached hydrogens (tertiary/aromatic N) is 2. The average molecular weight is 215 g/mol. The van der Waals surface area contributed by atoms with Gasteiger partial charge in [0, 0.05) is 18.8 Å². The first-order valence-electron chi connectivity index (χ1n) is 5.02. The fourth-order valence-electron chi connectivity index (χ4n) is 1.38. The minimum Gasteiger partial charge on any atom is -0.340 e. The van der Waals surface area contributed by atoms with Gasteiger partial charge in [-0.2, -0.15) is 0 Å². The molecule has 1 aromatic heterocycles. The van der Waals surface area contributed by atoms with Crippen molar-refractivity contribution in [2.24, 2.45) is 7.05 Å². The van der Waals surface area contributed by atoms with E-state index in [9.17, 15) is 4.79 Å². The summed E-state index contributed by atoms with van der Waals surface area (Å²) in [4.78, 5) is 15.5. The molecular formula is C12H13N3O. The zero-order valence-electron chi connectivity index (χ0n) is 9.27. The van der Waals surface area contributed by atoms with Crippen LogP contribution in [0.3, 0.4) is 0 Å². The number of aromatic nitrogens is 2. The van der Waals surface area contributed by atoms with Crippen LogP contribution in [0.2, 0.25) is 0 Å². The maximum Gasteiger partial charge on any atom is 0.255 e. The van der Waals surface area contributed by atoms with Crippen LogP contribution in [-0.4, -0.2) is 9.55 Å². The van der Waals surface area contributed by atoms with E-state index in [-0.39, 0.29) is 5.56 Å². The highest BCUT2D eigenvalue weighted by Crippen LogP contribution is 2.16. The number of hydrogen-bond donors (Lipinski definition) is 1. The monoisotopic (exact) mass is 215 g/mol. The van der Waals surface area contributed by atoms with E-state index in [1.807, 2.05) is 31.2 Å². The summed E-state index contributed by atoms with van der Waals surface area (Å²) >= 11 is 0. The number of hydrogen-bond acceptors (Lipinski definition) is 3. The summed E-state index contributed by atoms with van der Waals surface area (Å²) in [5.74, 6) is 0.567. The predicted molar refractivity (Wildman–Crippen MR) is 63.9 cm³/mol. The Hall–Kier alpha value is -2.10. The van der Waals surface area contributed by atoms with Crippen LogP contribution in [0.15, 0.2) is 41.5 Å². The first kappa shape index (κ1) is 10.4. The largest absolute Gasteiger partial charge is 0.340 e. The van der Waals surface area contributed by atoms with Crippen molar-refractivity contribution < 1.29 is 0 Å². The molecule has 4 heteroatoms. The molecule has 0 fully saturated rings. The molecule has 2 aromatic rings. The second kappa shape index (κ2) is 4.18. The molecule has 0 amide bonds. The topological polar surface area (TPSA) is 46.9 Å². The van der Waals surface area contributed by atoms with E-state index in [4.69, 9.17) is 0 Å². The molecule has 0 aliphatic carbocycles. The van der Waals surface area contributed by atoms with E-state index in [1.54, 1.807) is 7.05 Å². The first-order valence-corrected chi connectivity index (χ1v) is 5.02. The maximum absolute atomic E-state index is 11.4. The minimum atomic E-state index is -0.0777. The summed E-state index contributed by atoms with van der Waals surface area (Å²) in [6, 6.07) is 9.35. The van der Waals surface area contributed by atoms with Crippen molar-refractivity contribution in [1.82, 2.24) is 9.55 Å². The normalized spacial score (nSPS) is 10.1. The van der Waals surface area contributed by atoms with Crippen molar-refractivity contribution in [2.75, 3.05) is 5.32 Å². The summed E-state index contributed by atoms with van der Waals surface area (Å²) in [6.07, 6.45) is 1.50. The molecule has 0 radical (unpaired) electrons. The second-order valence-electron chi connectivity index (χ2n) is 3.66. The molecule has 0 aliphatic heterocycles. The van der Waals surface area contributed by atoms with Gasteiger partial charge in [-0.1, -0.05) is 18.2 Å². The summed E-state index contributed by atoms with van der Waals surface area (Å²) in [7, 11) is 1.67. The zero-order valence-corrected chi connectivity index (χ0v) is 9.27. The summed E-state index contributed by atoms with van der Waals surface area (Å²) in [6.45, 7) is 2.00. The van der Waals surface area contributed by atoms with Gasteiger partial charge in [-0.15, -0.1) is 0 Å². The van der Waals surface area contributed by atoms with Gasteiger partial charge in [0.2, 0.25) is 0 Å². The molecule has 0 atom stereocenters. The third-order valence-corrected chi connectivity index (χ3v) is 2.39. The van der Waals surface area contributed by atoms with Crippen LogP contribution in [0.1, 0.15) is 5.56 Å². The number of nitrogens with one attached hydrogen (secondary N) is 1. The molecule has 0 unspecified atom stereocenters. The van der Waals surface area contributed by atoms with Crippen molar-refractivity contribution in [3.05, 3.63) is 52.6 Å². The quantitative estimate of drug-likeness (QED) is 0.831. The number of anilines is 2. The van der Waals surface area contributed by atoms with E-state index >= 15 is 0 Å². The Bertz CT molecular complexity index is 560. The van der Waals surface area contributed by atoms with E-state index in [1.165, 1.54) is 17.0 Å². The lowest BCUT2D eigenvalue weighted by molar-refractivity contribution is 0.827. The van der Waals surface area contributed by atoms with Gasteiger partial charge in [-0.25, -0.2) is 4.98 Å². The molecule has 16 heavy (non-hydrogen) atoms. The lowest BCUT2D eigenvalue weighted by atomic mass is 10.2. The average Bonchev–Trinajstić information content (AvgIpc) is 2.27. The van der Waals surface area contributed by atoms with Gasteiger partial charge in [-0.05, 0) is 18.6 Å². The highest BCUT2D eigenvalue weighted by atomic mass is 16.1. The van der Waals surface area contributed by atoms with E-state index < -0.39 is 0 Å². The molecule has 82 valence electrons. The Morgan fingerprint density at radius 2 is 2.06 bits per heavy atom. The summed E-state index contributed by atoms with van der Waals surface area (Å²) < 4.78 is 1.43. The fraction of sp³-hybridized carbons (Fsp3) is 0.167. The molecule has 1 N–H and O–H groups in total. The van der Waals surface area contributed by atoms with Crippen molar-refractivity contribution in [3.8, 4) is 0 Å². The van der Waals surface area contributed by atoms with Gasteiger partial charge in [0.1, 0.15) is 5.82 Å². The minimum absolute atomic E-state index is 0.0777. The lowest BCUT2D eigenvalue weighted by Crippen LogP contribution is -2.16. The van der Waals surface area contributed by atoms with E-state index in [0.29, 0.717) is 5.82 Å². The van der Waals surface area contributed by atoms with Crippen molar-refractivity contribution in [2.45, 2.75) is 6.92 Å². The van der Waals surface area contributed by atoms with Crippen LogP contribution >= 0.6 is 0 Å². The van der Waals surface area contributed by atoms with Gasteiger partial charge in [-0.3, -0.25) is 4.79 Å². The van der Waals surface area contributed by atoms with E-state index in [0.717, 1.165) is 11.3 Å². The zero-order chi connectivity index (χ0) is 11.5. The van der Waals surface area contributed by atoms with Crippen LogP contribution in [0.5, 0.6) is 0 Å². The molecule has 4 nitrogen and oxygen atoms in total. The highest BCUT2D eigenvalue weighted by molar-refractivity contribution is 5.59. The Kier molecular flexibility index (Phi) is 2.72. The molecule has 0 aliphatic rings. The smallest absolute Gasteiger partial charge is 0.255 e. The van der Waals surface area contributed by atoms with Crippen LogP contribution in [0.25, 0.3) is 0 Å². The van der Waals surface area contributed by atoms with E-state index in [2.05, 4.69) is 10.3 Å². The van der Waals surface area contributed by atoms with Gasteiger partial charge < -0.3 is 9.88 Å². The number of para-hydroxylation sites is 1. The standard InChI is InChI=1S/C12H13N3O/c1-9-5-3-4-6-10(9)14-11-7-12(16)15(2)8-13-11/h3-8,14H,1-2H3. The van der Waals surface area contributed by atoms with Crippen molar-refractivity contribution in [3.63, 3.8) is 0 Å². The highest BCUT2D eigenvalue weighted by Gasteiger charge is 2.00. The van der Waals surface area contributed by atoms with Crippen LogP contribution in [0.4, 0.5) is 11.5 Å². The molecule has 2 rings (SSSR count). The number of aryl methyl sites for hydroxylation is 2. The van der Waals surface area contributed by atoms with Crippen LogP contribution in [0, 0.1) is 6.92 Å². The summed E-state index contributed by atoms with van der Waals surface area (Å²) in [5.41, 5.74) is 2.00. The molecule has 0 saturated heterocycles. The number of rotatable bonds is 2.